The number of thiazole rings is 1. The van der Waals surface area contributed by atoms with Crippen molar-refractivity contribution in [1.29, 1.82) is 0 Å². The van der Waals surface area contributed by atoms with Gasteiger partial charge in [0.05, 0.1) is 20.8 Å². The summed E-state index contributed by atoms with van der Waals surface area (Å²) in [6.07, 6.45) is 0. The fourth-order valence-electron chi connectivity index (χ4n) is 4.46. The van der Waals surface area contributed by atoms with Crippen molar-refractivity contribution in [3.63, 3.8) is 0 Å². The van der Waals surface area contributed by atoms with Crippen LogP contribution in [0.5, 0.6) is 23.0 Å². The van der Waals surface area contributed by atoms with E-state index in [0.717, 1.165) is 33.4 Å². The van der Waals surface area contributed by atoms with Crippen molar-refractivity contribution >= 4 is 17.2 Å². The van der Waals surface area contributed by atoms with Crippen LogP contribution < -0.4 is 24.3 Å². The number of ether oxygens (including phenoxy) is 4. The van der Waals surface area contributed by atoms with Gasteiger partial charge in [-0.1, -0.05) is 42.5 Å². The second-order valence-electron chi connectivity index (χ2n) is 9.17. The van der Waals surface area contributed by atoms with Crippen molar-refractivity contribution in [1.82, 2.24) is 15.2 Å². The summed E-state index contributed by atoms with van der Waals surface area (Å²) in [6.45, 7) is 3.98. The predicted molar refractivity (Wildman–Crippen MR) is 149 cm³/mol. The molecular weight excluding hydrogens is 514 g/mol. The number of carbonyl (C=O) groups excluding carboxylic acids is 1. The zero-order chi connectivity index (χ0) is 27.2. The maximum absolute atomic E-state index is 12.9. The Hall–Kier alpha value is -4.08. The molecule has 9 heteroatoms. The lowest BCUT2D eigenvalue weighted by Crippen LogP contribution is -2.27. The Kier molecular flexibility index (Phi) is 8.29. The number of hydrogen-bond donors (Lipinski definition) is 1. The van der Waals surface area contributed by atoms with Gasteiger partial charge in [0.2, 0.25) is 6.79 Å². The fraction of sp³-hybridized carbons (Fsp3) is 0.267. The van der Waals surface area contributed by atoms with Gasteiger partial charge < -0.3 is 24.3 Å². The molecule has 1 aliphatic rings. The molecule has 1 amide bonds. The van der Waals surface area contributed by atoms with Crippen molar-refractivity contribution < 1.29 is 23.7 Å². The van der Waals surface area contributed by atoms with Crippen molar-refractivity contribution in [2.75, 3.05) is 21.0 Å². The standard InChI is InChI=1S/C30H31N3O5S/c1-20(22-7-5-4-6-8-22)33(16-23-10-11-24(35-2)14-27(23)36-3)17-29-32-25(18-39-29)30(34)31-15-21-9-12-26-28(13-21)38-19-37-26/h4-14,18,20H,15-17,19H2,1-3H3,(H,31,34). The zero-order valence-corrected chi connectivity index (χ0v) is 23.0. The van der Waals surface area contributed by atoms with Crippen LogP contribution in [0.4, 0.5) is 0 Å². The summed E-state index contributed by atoms with van der Waals surface area (Å²) in [5.41, 5.74) is 3.58. The van der Waals surface area contributed by atoms with E-state index in [1.165, 1.54) is 16.9 Å². The first kappa shape index (κ1) is 26.5. The number of benzene rings is 3. The van der Waals surface area contributed by atoms with E-state index in [1.54, 1.807) is 14.2 Å². The quantitative estimate of drug-likeness (QED) is 0.263. The van der Waals surface area contributed by atoms with Gasteiger partial charge in [0.1, 0.15) is 22.2 Å². The highest BCUT2D eigenvalue weighted by Crippen LogP contribution is 2.33. The first-order chi connectivity index (χ1) is 19.0. The molecule has 1 unspecified atom stereocenters. The van der Waals surface area contributed by atoms with Crippen LogP contribution in [0.1, 0.15) is 45.2 Å². The van der Waals surface area contributed by atoms with Crippen LogP contribution in [0, 0.1) is 0 Å². The number of nitrogens with zero attached hydrogens (tertiary/aromatic N) is 2. The summed E-state index contributed by atoms with van der Waals surface area (Å²) in [5, 5.41) is 5.62. The number of methoxy groups -OCH3 is 2. The number of rotatable bonds is 11. The molecule has 1 aromatic heterocycles. The number of fused-ring (bicyclic) bond motifs is 1. The molecule has 202 valence electrons. The van der Waals surface area contributed by atoms with Gasteiger partial charge in [-0.2, -0.15) is 0 Å². The molecule has 5 rings (SSSR count). The molecule has 4 aromatic rings. The molecule has 1 atom stereocenters. The Morgan fingerprint density at radius 2 is 1.85 bits per heavy atom. The third kappa shape index (κ3) is 6.32. The van der Waals surface area contributed by atoms with E-state index in [0.29, 0.717) is 31.1 Å². The van der Waals surface area contributed by atoms with Crippen LogP contribution in [-0.4, -0.2) is 36.8 Å². The van der Waals surface area contributed by atoms with E-state index in [1.807, 2.05) is 60.0 Å². The second-order valence-corrected chi connectivity index (χ2v) is 10.1. The number of aromatic nitrogens is 1. The summed E-state index contributed by atoms with van der Waals surface area (Å²) < 4.78 is 21.8. The van der Waals surface area contributed by atoms with Crippen molar-refractivity contribution in [2.45, 2.75) is 32.6 Å². The van der Waals surface area contributed by atoms with Gasteiger partial charge >= 0.3 is 0 Å². The van der Waals surface area contributed by atoms with E-state index in [2.05, 4.69) is 34.3 Å². The first-order valence-corrected chi connectivity index (χ1v) is 13.5. The minimum absolute atomic E-state index is 0.102. The molecule has 1 aliphatic heterocycles. The zero-order valence-electron chi connectivity index (χ0n) is 22.2. The van der Waals surface area contributed by atoms with Crippen LogP contribution in [0.2, 0.25) is 0 Å². The van der Waals surface area contributed by atoms with E-state index in [4.69, 9.17) is 18.9 Å². The van der Waals surface area contributed by atoms with E-state index >= 15 is 0 Å². The van der Waals surface area contributed by atoms with E-state index in [9.17, 15) is 4.79 Å². The van der Waals surface area contributed by atoms with Crippen LogP contribution in [-0.2, 0) is 19.6 Å². The first-order valence-electron chi connectivity index (χ1n) is 12.6. The Morgan fingerprint density at radius 1 is 1.03 bits per heavy atom. The maximum Gasteiger partial charge on any atom is 0.271 e. The number of carbonyl (C=O) groups is 1. The normalized spacial score (nSPS) is 12.8. The van der Waals surface area contributed by atoms with Gasteiger partial charge in [-0.05, 0) is 36.2 Å². The SMILES string of the molecule is COc1ccc(CN(Cc2nc(C(=O)NCc3ccc4c(c3)OCO4)cs2)C(C)c2ccccc2)c(OC)c1. The molecule has 1 N–H and O–H groups in total. The minimum Gasteiger partial charge on any atom is -0.497 e. The van der Waals surface area contributed by atoms with Crippen LogP contribution in [0.25, 0.3) is 0 Å². The Labute approximate surface area is 232 Å². The largest absolute Gasteiger partial charge is 0.497 e. The average molecular weight is 546 g/mol. The average Bonchev–Trinajstić information content (AvgIpc) is 3.65. The second kappa shape index (κ2) is 12.2. The molecule has 3 aromatic carbocycles. The summed E-state index contributed by atoms with van der Waals surface area (Å²) in [7, 11) is 3.31. The van der Waals surface area contributed by atoms with Gasteiger partial charge in [-0.3, -0.25) is 9.69 Å². The lowest BCUT2D eigenvalue weighted by Gasteiger charge is -2.29. The van der Waals surface area contributed by atoms with Crippen LogP contribution in [0.15, 0.2) is 72.1 Å². The number of hydrogen-bond acceptors (Lipinski definition) is 8. The van der Waals surface area contributed by atoms with E-state index in [-0.39, 0.29) is 18.7 Å². The highest BCUT2D eigenvalue weighted by Gasteiger charge is 2.21. The van der Waals surface area contributed by atoms with Gasteiger partial charge in [-0.15, -0.1) is 11.3 Å². The monoisotopic (exact) mass is 545 g/mol. The molecule has 2 heterocycles. The van der Waals surface area contributed by atoms with E-state index < -0.39 is 0 Å². The summed E-state index contributed by atoms with van der Waals surface area (Å²) in [5.74, 6) is 2.71. The predicted octanol–water partition coefficient (Wildman–Crippen LogP) is 5.58. The summed E-state index contributed by atoms with van der Waals surface area (Å²) >= 11 is 1.48. The minimum atomic E-state index is -0.213. The third-order valence-corrected chi connectivity index (χ3v) is 7.54. The highest BCUT2D eigenvalue weighted by atomic mass is 32.1. The summed E-state index contributed by atoms with van der Waals surface area (Å²) in [4.78, 5) is 19.9. The summed E-state index contributed by atoms with van der Waals surface area (Å²) in [6, 6.07) is 22.0. The molecule has 0 aliphatic carbocycles. The van der Waals surface area contributed by atoms with Crippen molar-refractivity contribution in [3.05, 3.63) is 99.5 Å². The molecule has 0 spiro atoms. The number of amides is 1. The lowest BCUT2D eigenvalue weighted by molar-refractivity contribution is 0.0946. The maximum atomic E-state index is 12.9. The molecule has 0 saturated heterocycles. The fourth-order valence-corrected chi connectivity index (χ4v) is 5.26. The molecule has 8 nitrogen and oxygen atoms in total. The van der Waals surface area contributed by atoms with Crippen LogP contribution >= 0.6 is 11.3 Å². The molecular formula is C30H31N3O5S. The highest BCUT2D eigenvalue weighted by molar-refractivity contribution is 7.09. The Morgan fingerprint density at radius 3 is 2.64 bits per heavy atom. The van der Waals surface area contributed by atoms with Gasteiger partial charge in [0.25, 0.3) is 5.91 Å². The molecule has 0 fully saturated rings. The third-order valence-electron chi connectivity index (χ3n) is 6.71. The topological polar surface area (TPSA) is 82.2 Å². The smallest absolute Gasteiger partial charge is 0.271 e. The van der Waals surface area contributed by atoms with Crippen molar-refractivity contribution in [3.8, 4) is 23.0 Å². The molecule has 0 radical (unpaired) electrons. The van der Waals surface area contributed by atoms with Crippen LogP contribution in [0.3, 0.4) is 0 Å². The molecule has 0 bridgehead atoms. The molecule has 39 heavy (non-hydrogen) atoms. The van der Waals surface area contributed by atoms with Gasteiger partial charge in [0.15, 0.2) is 11.5 Å². The van der Waals surface area contributed by atoms with Gasteiger partial charge in [0, 0.05) is 36.1 Å². The number of nitrogens with one attached hydrogen (secondary N) is 1. The molecule has 0 saturated carbocycles. The Balaban J connectivity index is 1.30. The van der Waals surface area contributed by atoms with Gasteiger partial charge in [-0.25, -0.2) is 4.98 Å². The lowest BCUT2D eigenvalue weighted by atomic mass is 10.1. The Bertz CT molecular complexity index is 1430. The van der Waals surface area contributed by atoms with Crippen molar-refractivity contribution in [2.24, 2.45) is 0 Å².